The molecule has 0 aromatic carbocycles. The third kappa shape index (κ3) is 55.1. The second kappa shape index (κ2) is 4.84. The standard InChI is InChI=1S/3CH3.H2O.Zr/h3*1H3;1H2;/q;;;;+1/p-1. The van der Waals surface area contributed by atoms with E-state index in [1.165, 1.54) is 0 Å². The molecule has 0 radical (unpaired) electrons. The summed E-state index contributed by atoms with van der Waals surface area (Å²) >= 11 is -0.543. The molecule has 0 aliphatic heterocycles. The summed E-state index contributed by atoms with van der Waals surface area (Å²) in [5, 5.41) is 0. The monoisotopic (exact) mass is 152 g/mol. The maximum absolute atomic E-state index is 2.36. The first-order valence-electron chi connectivity index (χ1n) is 1.50. The Morgan fingerprint density at radius 2 is 1.00 bits per heavy atom. The van der Waals surface area contributed by atoms with Crippen molar-refractivity contribution in [2.45, 2.75) is 13.9 Å². The summed E-state index contributed by atoms with van der Waals surface area (Å²) in [7, 11) is 0. The molecule has 2 heteroatoms. The summed E-state index contributed by atoms with van der Waals surface area (Å²) in [4.78, 5) is 0. The summed E-state index contributed by atoms with van der Waals surface area (Å²) in [5.41, 5.74) is 0. The normalized spacial score (nSPS) is 5.40. The van der Waals surface area contributed by atoms with Gasteiger partial charge in [-0.25, -0.2) is 0 Å². The molecule has 1 nitrogen and oxygen atoms in total. The zero-order chi connectivity index (χ0) is 3.58. The van der Waals surface area contributed by atoms with Crippen LogP contribution in [0.15, 0.2) is 0 Å². The molecular formula is C3H10OZr. The first-order chi connectivity index (χ1) is 1.73. The molecule has 0 aromatic heterocycles. The smallest absolute Gasteiger partial charge is 0.870 e. The summed E-state index contributed by atoms with van der Waals surface area (Å²) in [6, 6.07) is 0. The fourth-order valence-corrected chi connectivity index (χ4v) is 0. The number of hydrogen-bond acceptors (Lipinski definition) is 1. The second-order valence-corrected chi connectivity index (χ2v) is 8.87. The zero-order valence-corrected chi connectivity index (χ0v) is 6.41. The molecule has 0 amide bonds. The molecule has 0 bridgehead atoms. The van der Waals surface area contributed by atoms with Gasteiger partial charge in [-0.15, -0.1) is 0 Å². The van der Waals surface area contributed by atoms with Gasteiger partial charge in [0.2, 0.25) is 0 Å². The van der Waals surface area contributed by atoms with Crippen molar-refractivity contribution >= 4 is 0 Å². The van der Waals surface area contributed by atoms with Gasteiger partial charge in [-0.05, 0) is 0 Å². The fraction of sp³-hybridized carbons (Fsp3) is 1.00. The number of hydrogen-bond donors (Lipinski definition) is 0. The molecule has 1 N–H and O–H groups in total. The predicted molar refractivity (Wildman–Crippen MR) is 19.5 cm³/mol. The molecule has 0 aliphatic carbocycles. The Bertz CT molecular complexity index is 11.6. The Labute approximate surface area is 41.4 Å². The van der Waals surface area contributed by atoms with Crippen LogP contribution >= 0.6 is 0 Å². The van der Waals surface area contributed by atoms with E-state index in [9.17, 15) is 0 Å². The maximum Gasteiger partial charge on any atom is -0.870 e. The Balaban J connectivity index is 0. The van der Waals surface area contributed by atoms with Crippen LogP contribution in [-0.2, 0) is 21.8 Å². The van der Waals surface area contributed by atoms with Gasteiger partial charge in [0, 0.05) is 0 Å². The molecular weight excluding hydrogens is 143 g/mol. The van der Waals surface area contributed by atoms with Gasteiger partial charge in [0.05, 0.1) is 0 Å². The predicted octanol–water partition coefficient (Wildman–Crippen LogP) is 1.57. The van der Waals surface area contributed by atoms with E-state index in [4.69, 9.17) is 0 Å². The average molecular weight is 153 g/mol. The van der Waals surface area contributed by atoms with Crippen molar-refractivity contribution in [3.8, 4) is 0 Å². The Kier molecular flexibility index (Phi) is 8.99. The fourth-order valence-electron chi connectivity index (χ4n) is 0. The Hall–Kier alpha value is 0.843. The summed E-state index contributed by atoms with van der Waals surface area (Å²) in [6.07, 6.45) is 0. The van der Waals surface area contributed by atoms with E-state index in [-0.39, 0.29) is 5.48 Å². The van der Waals surface area contributed by atoms with E-state index in [1.54, 1.807) is 0 Å². The zero-order valence-electron chi connectivity index (χ0n) is 3.95. The van der Waals surface area contributed by atoms with E-state index < -0.39 is 21.8 Å². The molecule has 0 heterocycles. The molecule has 0 unspecified atom stereocenters. The van der Waals surface area contributed by atoms with Gasteiger partial charge in [0.15, 0.2) is 0 Å². The van der Waals surface area contributed by atoms with Crippen LogP contribution in [0.2, 0.25) is 13.9 Å². The van der Waals surface area contributed by atoms with E-state index in [2.05, 4.69) is 13.9 Å². The molecule has 5 heavy (non-hydrogen) atoms. The van der Waals surface area contributed by atoms with Crippen molar-refractivity contribution in [3.63, 3.8) is 0 Å². The van der Waals surface area contributed by atoms with Crippen LogP contribution in [-0.4, -0.2) is 5.48 Å². The summed E-state index contributed by atoms with van der Waals surface area (Å²) in [5.74, 6) is 0. The topological polar surface area (TPSA) is 30.0 Å². The van der Waals surface area contributed by atoms with Crippen LogP contribution in [0.4, 0.5) is 0 Å². The average Bonchev–Trinajstić information content (AvgIpc) is 0.811. The molecule has 0 aromatic rings. The van der Waals surface area contributed by atoms with E-state index in [1.807, 2.05) is 0 Å². The van der Waals surface area contributed by atoms with Crippen LogP contribution in [0.1, 0.15) is 0 Å². The van der Waals surface area contributed by atoms with Crippen molar-refractivity contribution < 1.29 is 27.2 Å². The van der Waals surface area contributed by atoms with Gasteiger partial charge in [-0.2, -0.15) is 0 Å². The third-order valence-corrected chi connectivity index (χ3v) is 0. The number of rotatable bonds is 0. The van der Waals surface area contributed by atoms with Crippen molar-refractivity contribution in [1.82, 2.24) is 0 Å². The van der Waals surface area contributed by atoms with Crippen LogP contribution in [0.5, 0.6) is 0 Å². The molecule has 0 atom stereocenters. The van der Waals surface area contributed by atoms with Crippen molar-refractivity contribution in [2.24, 2.45) is 0 Å². The van der Waals surface area contributed by atoms with Gasteiger partial charge in [0.25, 0.3) is 0 Å². The van der Waals surface area contributed by atoms with Gasteiger partial charge in [-0.3, -0.25) is 0 Å². The Morgan fingerprint density at radius 3 is 1.00 bits per heavy atom. The van der Waals surface area contributed by atoms with Gasteiger partial charge >= 0.3 is 35.6 Å². The Morgan fingerprint density at radius 1 is 1.00 bits per heavy atom. The quantitative estimate of drug-likeness (QED) is 0.519. The minimum atomic E-state index is -0.543. The molecule has 0 saturated heterocycles. The van der Waals surface area contributed by atoms with Gasteiger partial charge in [0.1, 0.15) is 0 Å². The molecule has 0 rings (SSSR count). The van der Waals surface area contributed by atoms with Gasteiger partial charge in [-0.1, -0.05) is 0 Å². The van der Waals surface area contributed by atoms with Crippen molar-refractivity contribution in [3.05, 3.63) is 0 Å². The molecule has 0 saturated carbocycles. The van der Waals surface area contributed by atoms with E-state index in [0.717, 1.165) is 0 Å². The molecule has 32 valence electrons. The summed E-state index contributed by atoms with van der Waals surface area (Å²) in [6.45, 7) is 0. The van der Waals surface area contributed by atoms with Crippen molar-refractivity contribution in [2.75, 3.05) is 0 Å². The van der Waals surface area contributed by atoms with Crippen LogP contribution in [0, 0.1) is 0 Å². The van der Waals surface area contributed by atoms with Crippen LogP contribution in [0.3, 0.4) is 0 Å². The van der Waals surface area contributed by atoms with E-state index in [0.29, 0.717) is 0 Å². The van der Waals surface area contributed by atoms with E-state index >= 15 is 0 Å². The SMILES string of the molecule is [CH3][Zr+]([CH3])[CH3].[OH-]. The van der Waals surface area contributed by atoms with Crippen LogP contribution in [0.25, 0.3) is 0 Å². The minimum absolute atomic E-state index is 0. The largest absolute Gasteiger partial charge is 0.870 e. The first-order valence-corrected chi connectivity index (χ1v) is 8.87. The van der Waals surface area contributed by atoms with Gasteiger partial charge < -0.3 is 5.48 Å². The maximum atomic E-state index is 2.36. The minimum Gasteiger partial charge on any atom is -0.870 e. The first kappa shape index (κ1) is 9.28. The molecule has 0 fully saturated rings. The molecule has 0 aliphatic rings. The second-order valence-electron chi connectivity index (χ2n) is 1.50. The summed E-state index contributed by atoms with van der Waals surface area (Å²) < 4.78 is 7.09. The van der Waals surface area contributed by atoms with Crippen molar-refractivity contribution in [1.29, 1.82) is 0 Å². The third-order valence-electron chi connectivity index (χ3n) is 0. The molecule has 0 spiro atoms. The van der Waals surface area contributed by atoms with Crippen LogP contribution < -0.4 is 0 Å².